The molecular formula is C18H32N2OS. The first kappa shape index (κ1) is 19.3. The first-order valence-corrected chi connectivity index (χ1v) is 9.03. The zero-order valence-electron chi connectivity index (χ0n) is 14.9. The summed E-state index contributed by atoms with van der Waals surface area (Å²) in [5, 5.41) is 3.39. The van der Waals surface area contributed by atoms with Gasteiger partial charge in [0.2, 0.25) is 5.43 Å². The van der Waals surface area contributed by atoms with Gasteiger partial charge in [0.25, 0.3) is 0 Å². The molecule has 0 amide bonds. The Bertz CT molecular complexity index is 518. The van der Waals surface area contributed by atoms with Gasteiger partial charge in [-0.1, -0.05) is 46.8 Å². The van der Waals surface area contributed by atoms with E-state index in [1.165, 1.54) is 32.4 Å². The maximum atomic E-state index is 11.9. The lowest BCUT2D eigenvalue weighted by Gasteiger charge is -2.25. The van der Waals surface area contributed by atoms with Gasteiger partial charge < -0.3 is 10.2 Å². The van der Waals surface area contributed by atoms with Gasteiger partial charge in [-0.3, -0.25) is 4.79 Å². The smallest absolute Gasteiger partial charge is 0.204 e. The lowest BCUT2D eigenvalue weighted by molar-refractivity contribution is 0.270. The van der Waals surface area contributed by atoms with E-state index in [2.05, 4.69) is 44.8 Å². The first-order valence-electron chi connectivity index (χ1n) is 8.62. The summed E-state index contributed by atoms with van der Waals surface area (Å²) in [6.45, 7) is 15.1. The third-order valence-electron chi connectivity index (χ3n) is 3.94. The topological polar surface area (TPSA) is 32.3 Å². The first-order chi connectivity index (χ1) is 10.3. The molecule has 0 aliphatic heterocycles. The Balaban J connectivity index is 2.39. The minimum absolute atomic E-state index is 0.0575. The van der Waals surface area contributed by atoms with Crippen LogP contribution in [0.1, 0.15) is 65.9 Å². The predicted octanol–water partition coefficient (Wildman–Crippen LogP) is 4.26. The molecule has 1 N–H and O–H groups in total. The monoisotopic (exact) mass is 324 g/mol. The van der Waals surface area contributed by atoms with Crippen LogP contribution >= 0.6 is 12.2 Å². The van der Waals surface area contributed by atoms with Gasteiger partial charge in [0.1, 0.15) is 4.51 Å². The van der Waals surface area contributed by atoms with Gasteiger partial charge in [-0.05, 0) is 50.7 Å². The maximum Gasteiger partial charge on any atom is 0.204 e. The molecule has 4 heteroatoms. The van der Waals surface area contributed by atoms with Crippen molar-refractivity contribution in [2.75, 3.05) is 31.5 Å². The van der Waals surface area contributed by atoms with Gasteiger partial charge in [0.15, 0.2) is 0 Å². The summed E-state index contributed by atoms with van der Waals surface area (Å²) < 4.78 is 0.489. The molecule has 0 radical (unpaired) electrons. The second kappa shape index (κ2) is 8.78. The Morgan fingerprint density at radius 1 is 1.05 bits per heavy atom. The molecule has 1 aromatic rings. The van der Waals surface area contributed by atoms with E-state index >= 15 is 0 Å². The molecule has 0 heterocycles. The van der Waals surface area contributed by atoms with Crippen LogP contribution in [0.4, 0.5) is 5.69 Å². The van der Waals surface area contributed by atoms with Gasteiger partial charge in [-0.15, -0.1) is 0 Å². The summed E-state index contributed by atoms with van der Waals surface area (Å²) in [7, 11) is 0. The Hall–Kier alpha value is -0.740. The van der Waals surface area contributed by atoms with E-state index in [4.69, 9.17) is 12.2 Å². The van der Waals surface area contributed by atoms with E-state index < -0.39 is 0 Å². The highest BCUT2D eigenvalue weighted by Gasteiger charge is 2.27. The van der Waals surface area contributed by atoms with E-state index in [1.54, 1.807) is 0 Å². The highest BCUT2D eigenvalue weighted by atomic mass is 32.1. The van der Waals surface area contributed by atoms with Crippen molar-refractivity contribution >= 4 is 17.9 Å². The molecule has 0 fully saturated rings. The van der Waals surface area contributed by atoms with Gasteiger partial charge in [-0.2, -0.15) is 0 Å². The molecule has 0 unspecified atom stereocenters. The van der Waals surface area contributed by atoms with Crippen LogP contribution < -0.4 is 10.7 Å². The molecule has 0 aliphatic carbocycles. The Labute approximate surface area is 140 Å². The van der Waals surface area contributed by atoms with E-state index in [1.807, 2.05) is 0 Å². The summed E-state index contributed by atoms with van der Waals surface area (Å²) in [4.78, 5) is 14.4. The van der Waals surface area contributed by atoms with Crippen LogP contribution in [0.2, 0.25) is 0 Å². The largest absolute Gasteiger partial charge is 0.383 e. The van der Waals surface area contributed by atoms with Crippen LogP contribution in [0.5, 0.6) is 0 Å². The Kier molecular flexibility index (Phi) is 7.70. The van der Waals surface area contributed by atoms with E-state index in [0.717, 1.165) is 30.8 Å². The maximum absolute atomic E-state index is 11.9. The van der Waals surface area contributed by atoms with Crippen molar-refractivity contribution in [3.63, 3.8) is 0 Å². The number of hydrogen-bond donors (Lipinski definition) is 1. The molecule has 22 heavy (non-hydrogen) atoms. The van der Waals surface area contributed by atoms with E-state index in [9.17, 15) is 4.79 Å². The van der Waals surface area contributed by atoms with Crippen LogP contribution in [0.3, 0.4) is 0 Å². The Morgan fingerprint density at radius 2 is 1.64 bits per heavy atom. The van der Waals surface area contributed by atoms with Gasteiger partial charge >= 0.3 is 0 Å². The number of hydrogen-bond acceptors (Lipinski definition) is 4. The van der Waals surface area contributed by atoms with Crippen LogP contribution in [-0.2, 0) is 5.41 Å². The van der Waals surface area contributed by atoms with Crippen molar-refractivity contribution in [3.05, 3.63) is 20.3 Å². The molecule has 126 valence electrons. The number of unbranched alkanes of at least 4 members (excludes halogenated alkanes) is 1. The molecule has 0 saturated heterocycles. The molecule has 1 rings (SSSR count). The van der Waals surface area contributed by atoms with Crippen LogP contribution in [0, 0.1) is 4.51 Å². The van der Waals surface area contributed by atoms with Crippen molar-refractivity contribution in [1.29, 1.82) is 0 Å². The lowest BCUT2D eigenvalue weighted by Crippen LogP contribution is -2.31. The highest BCUT2D eigenvalue weighted by Crippen LogP contribution is 2.30. The number of nitrogens with one attached hydrogen (secondary N) is 1. The quantitative estimate of drug-likeness (QED) is 0.515. The third-order valence-corrected chi connectivity index (χ3v) is 4.33. The number of anilines is 1. The molecule has 0 bridgehead atoms. The number of nitrogens with zero attached hydrogens (tertiary/aromatic N) is 1. The molecule has 1 aromatic carbocycles. The predicted molar refractivity (Wildman–Crippen MR) is 99.4 cm³/mol. The lowest BCUT2D eigenvalue weighted by atomic mass is 9.82. The van der Waals surface area contributed by atoms with Gasteiger partial charge in [0.05, 0.1) is 5.69 Å². The molecule has 0 atom stereocenters. The van der Waals surface area contributed by atoms with Crippen molar-refractivity contribution in [3.8, 4) is 0 Å². The highest BCUT2D eigenvalue weighted by molar-refractivity contribution is 7.71. The van der Waals surface area contributed by atoms with Gasteiger partial charge in [0, 0.05) is 12.1 Å². The molecule has 0 aromatic heterocycles. The van der Waals surface area contributed by atoms with Crippen molar-refractivity contribution in [2.24, 2.45) is 0 Å². The van der Waals surface area contributed by atoms with Crippen molar-refractivity contribution in [2.45, 2.75) is 65.7 Å². The zero-order valence-corrected chi connectivity index (χ0v) is 15.7. The fourth-order valence-corrected chi connectivity index (χ4v) is 3.19. The summed E-state index contributed by atoms with van der Waals surface area (Å²) in [6, 6.07) is 0. The zero-order chi connectivity index (χ0) is 16.8. The second-order valence-corrected chi connectivity index (χ2v) is 7.54. The average molecular weight is 325 g/mol. The molecule has 0 spiro atoms. The molecule has 3 nitrogen and oxygen atoms in total. The number of rotatable bonds is 10. The van der Waals surface area contributed by atoms with Crippen molar-refractivity contribution in [1.82, 2.24) is 4.90 Å². The SMILES string of the molecule is CCCN(CCC)CCCCNc1c(C(C)(C)C)c(=O)c1=S. The minimum atomic E-state index is -0.124. The fourth-order valence-electron chi connectivity index (χ4n) is 2.92. The minimum Gasteiger partial charge on any atom is -0.383 e. The average Bonchev–Trinajstić information content (AvgIpc) is 2.44. The van der Waals surface area contributed by atoms with E-state index in [0.29, 0.717) is 4.51 Å². The molecule has 0 aliphatic rings. The fraction of sp³-hybridized carbons (Fsp3) is 0.778. The summed E-state index contributed by atoms with van der Waals surface area (Å²) >= 11 is 5.18. The van der Waals surface area contributed by atoms with Crippen LogP contribution in [0.15, 0.2) is 4.79 Å². The third kappa shape index (κ3) is 5.17. The summed E-state index contributed by atoms with van der Waals surface area (Å²) in [5.41, 5.74) is 1.73. The molecular weight excluding hydrogens is 292 g/mol. The molecule has 0 saturated carbocycles. The second-order valence-electron chi connectivity index (χ2n) is 7.13. The standard InChI is InChI=1S/C18H32N2OS/c1-6-11-20(12-7-2)13-9-8-10-19-15-14(18(3,4)5)16(21)17(15)22/h19H,6-13H2,1-5H3. The Morgan fingerprint density at radius 3 is 2.14 bits per heavy atom. The normalized spacial score (nSPS) is 12.3. The van der Waals surface area contributed by atoms with Gasteiger partial charge in [-0.25, -0.2) is 0 Å². The van der Waals surface area contributed by atoms with Crippen molar-refractivity contribution < 1.29 is 0 Å². The van der Waals surface area contributed by atoms with Crippen LogP contribution in [0.25, 0.3) is 0 Å². The summed E-state index contributed by atoms with van der Waals surface area (Å²) in [5.74, 6) is 0. The van der Waals surface area contributed by atoms with Crippen LogP contribution in [-0.4, -0.2) is 31.1 Å². The van der Waals surface area contributed by atoms with E-state index in [-0.39, 0.29) is 10.8 Å². The summed E-state index contributed by atoms with van der Waals surface area (Å²) in [6.07, 6.45) is 4.74.